The van der Waals surface area contributed by atoms with E-state index in [0.717, 1.165) is 10.1 Å². The number of hydrogen-bond acceptors (Lipinski definition) is 2. The molecule has 1 heterocycles. The van der Waals surface area contributed by atoms with Gasteiger partial charge in [-0.25, -0.2) is 4.79 Å². The lowest BCUT2D eigenvalue weighted by molar-refractivity contribution is 0.0682. The van der Waals surface area contributed by atoms with Crippen molar-refractivity contribution in [2.75, 3.05) is 0 Å². The quantitative estimate of drug-likeness (QED) is 0.931. The summed E-state index contributed by atoms with van der Waals surface area (Å²) in [7, 11) is 0. The molecule has 0 spiro atoms. The van der Waals surface area contributed by atoms with Gasteiger partial charge < -0.3 is 5.11 Å². The number of nitrogens with zero attached hydrogens (tertiary/aromatic N) is 2. The Morgan fingerprint density at radius 2 is 2.06 bits per heavy atom. The zero-order valence-electron chi connectivity index (χ0n) is 9.47. The van der Waals surface area contributed by atoms with E-state index in [-0.39, 0.29) is 10.8 Å². The van der Waals surface area contributed by atoms with E-state index < -0.39 is 18.1 Å². The van der Waals surface area contributed by atoms with Crippen LogP contribution in [0.1, 0.15) is 29.0 Å². The summed E-state index contributed by atoms with van der Waals surface area (Å²) >= 11 is 5.62. The average molecular weight is 269 g/mol. The molecule has 6 heteroatoms. The number of aromatic carboxylic acids is 1. The Balaban J connectivity index is 2.55. The predicted octanol–water partition coefficient (Wildman–Crippen LogP) is 2.98. The molecule has 0 bridgehead atoms. The van der Waals surface area contributed by atoms with Crippen LogP contribution < -0.4 is 0 Å². The molecule has 0 fully saturated rings. The van der Waals surface area contributed by atoms with E-state index in [1.54, 1.807) is 31.2 Å². The predicted molar refractivity (Wildman–Crippen MR) is 64.4 cm³/mol. The lowest BCUT2D eigenvalue weighted by Crippen LogP contribution is -2.16. The van der Waals surface area contributed by atoms with Crippen molar-refractivity contribution in [3.63, 3.8) is 0 Å². The number of rotatable bonds is 3. The monoisotopic (exact) mass is 268 g/mol. The van der Waals surface area contributed by atoms with E-state index in [2.05, 4.69) is 4.98 Å². The van der Waals surface area contributed by atoms with E-state index >= 15 is 0 Å². The maximum atomic E-state index is 13.7. The van der Waals surface area contributed by atoms with Crippen molar-refractivity contribution in [1.29, 1.82) is 0 Å². The summed E-state index contributed by atoms with van der Waals surface area (Å²) < 4.78 is 14.6. The topological polar surface area (TPSA) is 55.1 Å². The van der Waals surface area contributed by atoms with Crippen LogP contribution in [0.25, 0.3) is 0 Å². The molecule has 2 aromatic rings. The summed E-state index contributed by atoms with van der Waals surface area (Å²) in [6.45, 7) is 1.68. The molecular formula is C12H10ClFN2O2. The number of halogens is 2. The molecule has 18 heavy (non-hydrogen) atoms. The molecule has 1 N–H and O–H groups in total. The summed E-state index contributed by atoms with van der Waals surface area (Å²) in [5.41, 5.74) is 0.429. The number of aromatic nitrogens is 2. The summed E-state index contributed by atoms with van der Waals surface area (Å²) in [6, 6.07) is 8.47. The van der Waals surface area contributed by atoms with Crippen LogP contribution in [-0.2, 0) is 0 Å². The van der Waals surface area contributed by atoms with Crippen molar-refractivity contribution in [1.82, 2.24) is 9.55 Å². The van der Waals surface area contributed by atoms with Gasteiger partial charge in [0.1, 0.15) is 0 Å². The Bertz CT molecular complexity index is 583. The number of imidazole rings is 1. The van der Waals surface area contributed by atoms with Gasteiger partial charge in [-0.2, -0.15) is 9.37 Å². The van der Waals surface area contributed by atoms with Crippen LogP contribution >= 0.6 is 11.6 Å². The second kappa shape index (κ2) is 4.78. The van der Waals surface area contributed by atoms with Gasteiger partial charge in [0.05, 0.1) is 6.04 Å². The maximum Gasteiger partial charge on any atom is 0.355 e. The summed E-state index contributed by atoms with van der Waals surface area (Å²) in [5, 5.41) is 8.70. The van der Waals surface area contributed by atoms with Crippen molar-refractivity contribution in [3.8, 4) is 0 Å². The normalized spacial score (nSPS) is 12.4. The first-order chi connectivity index (χ1) is 8.52. The van der Waals surface area contributed by atoms with Gasteiger partial charge in [0.15, 0.2) is 10.8 Å². The van der Waals surface area contributed by atoms with Crippen LogP contribution in [0.2, 0.25) is 5.15 Å². The number of benzene rings is 1. The van der Waals surface area contributed by atoms with Crippen LogP contribution in [0.3, 0.4) is 0 Å². The van der Waals surface area contributed by atoms with Gasteiger partial charge in [0, 0.05) is 0 Å². The van der Waals surface area contributed by atoms with Crippen molar-refractivity contribution in [3.05, 3.63) is 52.8 Å². The molecule has 1 aromatic carbocycles. The fourth-order valence-corrected chi connectivity index (χ4v) is 2.05. The molecule has 2 rings (SSSR count). The number of carbonyl (C=O) groups is 1. The van der Waals surface area contributed by atoms with E-state index in [9.17, 15) is 9.18 Å². The standard InChI is InChI=1S/C12H10ClFN2O2/c1-7(8-5-3-2-4-6-8)16-9(11(17)18)10(13)15-12(16)14/h2-7H,1H3,(H,17,18). The first kappa shape index (κ1) is 12.6. The molecule has 1 unspecified atom stereocenters. The Labute approximate surface area is 108 Å². The lowest BCUT2D eigenvalue weighted by Gasteiger charge is -2.15. The molecule has 94 valence electrons. The van der Waals surface area contributed by atoms with Crippen LogP contribution in [0, 0.1) is 6.08 Å². The second-order valence-corrected chi connectivity index (χ2v) is 4.14. The molecule has 0 aliphatic heterocycles. The molecule has 0 amide bonds. The summed E-state index contributed by atoms with van der Waals surface area (Å²) in [5.74, 6) is -1.31. The number of hydrogen-bond donors (Lipinski definition) is 1. The zero-order valence-corrected chi connectivity index (χ0v) is 10.2. The van der Waals surface area contributed by atoms with Gasteiger partial charge in [0.2, 0.25) is 0 Å². The third-order valence-corrected chi connectivity index (χ3v) is 2.96. The summed E-state index contributed by atoms with van der Waals surface area (Å²) in [4.78, 5) is 14.4. The zero-order chi connectivity index (χ0) is 13.3. The molecule has 4 nitrogen and oxygen atoms in total. The molecular weight excluding hydrogens is 259 g/mol. The SMILES string of the molecule is CC(c1ccccc1)n1c(F)nc(Cl)c1C(=O)O. The van der Waals surface area contributed by atoms with Crippen molar-refractivity contribution >= 4 is 17.6 Å². The minimum Gasteiger partial charge on any atom is -0.476 e. The van der Waals surface area contributed by atoms with Gasteiger partial charge in [-0.15, -0.1) is 0 Å². The van der Waals surface area contributed by atoms with Gasteiger partial charge in [-0.1, -0.05) is 41.9 Å². The van der Waals surface area contributed by atoms with Crippen LogP contribution in [0.4, 0.5) is 4.39 Å². The minimum atomic E-state index is -1.31. The fourth-order valence-electron chi connectivity index (χ4n) is 1.80. The number of carboxylic acid groups (broad SMARTS) is 1. The largest absolute Gasteiger partial charge is 0.476 e. The molecule has 0 radical (unpaired) electrons. The highest BCUT2D eigenvalue weighted by Crippen LogP contribution is 2.25. The Morgan fingerprint density at radius 1 is 1.44 bits per heavy atom. The maximum absolute atomic E-state index is 13.7. The third kappa shape index (κ3) is 2.09. The lowest BCUT2D eigenvalue weighted by atomic mass is 10.1. The molecule has 1 aromatic heterocycles. The average Bonchev–Trinajstić information content (AvgIpc) is 2.64. The van der Waals surface area contributed by atoms with E-state index in [1.807, 2.05) is 6.07 Å². The highest BCUT2D eigenvalue weighted by Gasteiger charge is 2.25. The molecule has 0 aliphatic carbocycles. The highest BCUT2D eigenvalue weighted by atomic mass is 35.5. The molecule has 0 saturated heterocycles. The van der Waals surface area contributed by atoms with Gasteiger partial charge >= 0.3 is 5.97 Å². The first-order valence-electron chi connectivity index (χ1n) is 5.24. The Kier molecular flexibility index (Phi) is 3.34. The van der Waals surface area contributed by atoms with Crippen LogP contribution in [0.15, 0.2) is 30.3 Å². The smallest absolute Gasteiger partial charge is 0.355 e. The highest BCUT2D eigenvalue weighted by molar-refractivity contribution is 6.32. The number of carboxylic acids is 1. The minimum absolute atomic E-state index is 0.342. The third-order valence-electron chi connectivity index (χ3n) is 2.70. The second-order valence-electron chi connectivity index (χ2n) is 3.78. The Hall–Kier alpha value is -1.88. The van der Waals surface area contributed by atoms with Crippen LogP contribution in [0.5, 0.6) is 0 Å². The van der Waals surface area contributed by atoms with E-state index in [1.165, 1.54) is 0 Å². The van der Waals surface area contributed by atoms with Crippen molar-refractivity contribution in [2.24, 2.45) is 0 Å². The van der Waals surface area contributed by atoms with Gasteiger partial charge in [-0.05, 0) is 12.5 Å². The molecule has 0 aliphatic rings. The summed E-state index contributed by atoms with van der Waals surface area (Å²) in [6.07, 6.45) is -0.909. The molecule has 1 atom stereocenters. The Morgan fingerprint density at radius 3 is 2.61 bits per heavy atom. The van der Waals surface area contributed by atoms with Gasteiger partial charge in [-0.3, -0.25) is 4.57 Å². The van der Waals surface area contributed by atoms with E-state index in [0.29, 0.717) is 0 Å². The van der Waals surface area contributed by atoms with Crippen molar-refractivity contribution in [2.45, 2.75) is 13.0 Å². The molecule has 0 saturated carbocycles. The van der Waals surface area contributed by atoms with Crippen molar-refractivity contribution < 1.29 is 14.3 Å². The first-order valence-corrected chi connectivity index (χ1v) is 5.61. The van der Waals surface area contributed by atoms with Crippen LogP contribution in [-0.4, -0.2) is 20.6 Å². The fraction of sp³-hybridized carbons (Fsp3) is 0.167. The van der Waals surface area contributed by atoms with Gasteiger partial charge in [0.25, 0.3) is 6.08 Å². The van der Waals surface area contributed by atoms with E-state index in [4.69, 9.17) is 16.7 Å².